The van der Waals surface area contributed by atoms with E-state index in [1.54, 1.807) is 0 Å². The molecular formula is C18H29Cl2NOSiZr. The van der Waals surface area contributed by atoms with E-state index in [0.717, 1.165) is 17.5 Å². The molecule has 0 unspecified atom stereocenters. The maximum Gasteiger partial charge on any atom is -1.00 e. The van der Waals surface area contributed by atoms with Crippen LogP contribution < -0.4 is 28.1 Å². The summed E-state index contributed by atoms with van der Waals surface area (Å²) >= 11 is -3.59. The number of benzene rings is 1. The van der Waals surface area contributed by atoms with Crippen LogP contribution in [0.3, 0.4) is 0 Å². The summed E-state index contributed by atoms with van der Waals surface area (Å²) in [5, 5.41) is 0. The van der Waals surface area contributed by atoms with Gasteiger partial charge < -0.3 is 24.8 Å². The van der Waals surface area contributed by atoms with E-state index < -0.39 is 22.7 Å². The first-order valence-corrected chi connectivity index (χ1v) is 26.4. The summed E-state index contributed by atoms with van der Waals surface area (Å²) in [7, 11) is 0. The Morgan fingerprint density at radius 2 is 1.67 bits per heavy atom. The van der Waals surface area contributed by atoms with Gasteiger partial charge in [-0.05, 0) is 0 Å². The van der Waals surface area contributed by atoms with Crippen molar-refractivity contribution >= 4 is 17.4 Å². The van der Waals surface area contributed by atoms with E-state index >= 15 is 0 Å². The summed E-state index contributed by atoms with van der Waals surface area (Å²) in [6.45, 7) is 4.74. The molecule has 1 amide bonds. The molecule has 0 bridgehead atoms. The molecule has 1 N–H and O–H groups in total. The van der Waals surface area contributed by atoms with Gasteiger partial charge in [-0.3, -0.25) is 0 Å². The summed E-state index contributed by atoms with van der Waals surface area (Å²) in [4.78, 5) is 13.1. The standard InChI is InChI=1S/C12H11NO.C2H7Si.4CH3.2ClH.Zr/c13-12(14)11-8-4-3-7-10(11)9-5-1-2-6-9;1-3-2;;;;;;;/h1-5,7-8H,6H2,(H2,13,14);3H,1-2H3;4*1H3;2*1H;/q;;;;;;;;+3/p-3. The number of rotatable bonds is 4. The molecule has 24 heavy (non-hydrogen) atoms. The number of halogens is 2. The van der Waals surface area contributed by atoms with E-state index in [9.17, 15) is 4.79 Å². The summed E-state index contributed by atoms with van der Waals surface area (Å²) in [6.07, 6.45) is 7.23. The Morgan fingerprint density at radius 1 is 1.08 bits per heavy atom. The van der Waals surface area contributed by atoms with Gasteiger partial charge in [-0.25, -0.2) is 0 Å². The minimum absolute atomic E-state index is 0. The zero-order valence-electron chi connectivity index (χ0n) is 15.5. The molecule has 0 saturated carbocycles. The molecule has 6 heteroatoms. The van der Waals surface area contributed by atoms with Gasteiger partial charge in [-0.15, -0.1) is 0 Å². The number of nitrogens with one attached hydrogen (secondary N) is 1. The number of carbonyl (C=O) groups excluding carboxylic acids is 1. The van der Waals surface area contributed by atoms with Crippen molar-refractivity contribution in [1.82, 2.24) is 3.26 Å². The van der Waals surface area contributed by atoms with E-state index in [1.165, 1.54) is 5.57 Å². The molecule has 0 aromatic heterocycles. The van der Waals surface area contributed by atoms with Crippen molar-refractivity contribution in [3.05, 3.63) is 53.6 Å². The van der Waals surface area contributed by atoms with Crippen molar-refractivity contribution in [2.45, 2.75) is 38.0 Å². The van der Waals surface area contributed by atoms with Crippen LogP contribution in [0.25, 0.3) is 5.57 Å². The monoisotopic (exact) mass is 463 g/mol. The van der Waals surface area contributed by atoms with Gasteiger partial charge >= 0.3 is 134 Å². The Balaban J connectivity index is 0.00000264. The zero-order chi connectivity index (χ0) is 16.7. The van der Waals surface area contributed by atoms with Crippen molar-refractivity contribution in [2.75, 3.05) is 0 Å². The summed E-state index contributed by atoms with van der Waals surface area (Å²) in [6, 6.07) is 7.99. The number of amides is 1. The van der Waals surface area contributed by atoms with Gasteiger partial charge in [0.15, 0.2) is 0 Å². The minimum Gasteiger partial charge on any atom is -1.00 e. The van der Waals surface area contributed by atoms with Crippen molar-refractivity contribution in [2.24, 2.45) is 0 Å². The van der Waals surface area contributed by atoms with Gasteiger partial charge in [0.05, 0.1) is 0 Å². The van der Waals surface area contributed by atoms with E-state index in [4.69, 9.17) is 0 Å². The van der Waals surface area contributed by atoms with Gasteiger partial charge in [-0.2, -0.15) is 0 Å². The second-order valence-corrected chi connectivity index (χ2v) is 62.6. The molecular weight excluding hydrogens is 436 g/mol. The van der Waals surface area contributed by atoms with Crippen LogP contribution in [0, 0.1) is 0 Å². The summed E-state index contributed by atoms with van der Waals surface area (Å²) in [5.74, 6) is -0.880. The molecule has 1 aromatic rings. The van der Waals surface area contributed by atoms with Crippen LogP contribution in [0.1, 0.15) is 22.3 Å². The fourth-order valence-electron chi connectivity index (χ4n) is 2.34. The van der Waals surface area contributed by atoms with E-state index in [0.29, 0.717) is 0 Å². The maximum absolute atomic E-state index is 13.1. The van der Waals surface area contributed by atoms with Gasteiger partial charge in [-0.1, -0.05) is 0 Å². The van der Waals surface area contributed by atoms with Crippen LogP contribution in [0.4, 0.5) is 0 Å². The van der Waals surface area contributed by atoms with Gasteiger partial charge in [0.1, 0.15) is 0 Å². The Morgan fingerprint density at radius 3 is 2.17 bits per heavy atom. The smallest absolute Gasteiger partial charge is 1.00 e. The third-order valence-electron chi connectivity index (χ3n) is 5.57. The predicted octanol–water partition coefficient (Wildman–Crippen LogP) is -0.916. The Bertz CT molecular complexity index is 689. The average molecular weight is 466 g/mol. The Hall–Kier alpha value is -0.150. The quantitative estimate of drug-likeness (QED) is 0.573. The van der Waals surface area contributed by atoms with Crippen molar-refractivity contribution in [1.29, 1.82) is 0 Å². The van der Waals surface area contributed by atoms with Crippen molar-refractivity contribution in [3.8, 4) is 0 Å². The second-order valence-electron chi connectivity index (χ2n) is 9.78. The van der Waals surface area contributed by atoms with Gasteiger partial charge in [0.2, 0.25) is 0 Å². The summed E-state index contributed by atoms with van der Waals surface area (Å²) in [5.41, 5.74) is 3.12. The molecule has 2 rings (SSSR count). The van der Waals surface area contributed by atoms with E-state index in [1.807, 2.05) is 18.2 Å². The number of hydrogen-bond donors (Lipinski definition) is 1. The van der Waals surface area contributed by atoms with Gasteiger partial charge in [0, 0.05) is 0 Å². The molecule has 0 fully saturated rings. The zero-order valence-corrected chi connectivity index (χ0v) is 20.6. The van der Waals surface area contributed by atoms with Crippen LogP contribution in [-0.2, 0) is 16.7 Å². The van der Waals surface area contributed by atoms with Gasteiger partial charge in [0.25, 0.3) is 0 Å². The fraction of sp³-hybridized carbons (Fsp3) is 0.389. The molecule has 0 atom stereocenters. The maximum atomic E-state index is 13.1. The van der Waals surface area contributed by atoms with Crippen molar-refractivity contribution in [3.63, 3.8) is 0 Å². The molecule has 1 aromatic carbocycles. The van der Waals surface area contributed by atoms with E-state index in [-0.39, 0.29) is 30.7 Å². The number of hydrogen-bond acceptors (Lipinski definition) is 1. The third-order valence-corrected chi connectivity index (χ3v) is 53.3. The molecule has 0 saturated heterocycles. The average Bonchev–Trinajstić information content (AvgIpc) is 2.90. The van der Waals surface area contributed by atoms with Crippen LogP contribution in [-0.4, -0.2) is 11.8 Å². The molecule has 1 aliphatic rings. The summed E-state index contributed by atoms with van der Waals surface area (Å²) < 4.78 is 13.0. The van der Waals surface area contributed by atoms with Crippen molar-refractivity contribution < 1.29 is 46.4 Å². The Kier molecular flexibility index (Phi) is 7.18. The number of carbonyl (C=O) groups is 1. The first kappa shape index (κ1) is 23.9. The number of allylic oxidation sites excluding steroid dienone is 4. The normalized spacial score (nSPS) is 14.9. The SMILES string of the molecule is C[SiH](C)[Zr+2]([CH3])([CH3])([CH3])([CH3])[NH]C(=O)c1ccccc1C1=CC=CC1.[Cl-].[Cl-]. The topological polar surface area (TPSA) is 29.1 Å². The molecule has 0 spiro atoms. The molecule has 0 radical (unpaired) electrons. The van der Waals surface area contributed by atoms with Crippen LogP contribution >= 0.6 is 0 Å². The first-order valence-electron chi connectivity index (χ1n) is 8.19. The second kappa shape index (κ2) is 7.23. The molecule has 1 aliphatic carbocycles. The largest absolute Gasteiger partial charge is 1.00 e. The molecule has 2 nitrogen and oxygen atoms in total. The molecule has 0 heterocycles. The van der Waals surface area contributed by atoms with E-state index in [2.05, 4.69) is 59.2 Å². The van der Waals surface area contributed by atoms with Crippen LogP contribution in [0.2, 0.25) is 31.6 Å². The molecule has 0 aliphatic heterocycles. The minimum atomic E-state index is -3.59. The first-order chi connectivity index (χ1) is 9.93. The van der Waals surface area contributed by atoms with Crippen LogP contribution in [0.15, 0.2) is 42.5 Å². The fourth-order valence-corrected chi connectivity index (χ4v) is 8.42. The third kappa shape index (κ3) is 5.17. The molecule has 134 valence electrons. The predicted molar refractivity (Wildman–Crippen MR) is 98.0 cm³/mol. The Labute approximate surface area is 157 Å². The van der Waals surface area contributed by atoms with Crippen LogP contribution in [0.5, 0.6) is 0 Å².